The topological polar surface area (TPSA) is 109 Å². The smallest absolute Gasteiger partial charge is 0.269 e. The van der Waals surface area contributed by atoms with Crippen molar-refractivity contribution in [2.45, 2.75) is 39.2 Å². The standard InChI is InChI=1S/C23H26N4O4S/c1-3-14(2)31-19-12-8-16(9-13-19)21(29)25-23(32)27-26-22(30)17-6-10-18(11-7-17)24-20(28)15-4-5-15/h6-15H,3-5H2,1-2H3,(H,24,28)(H,26,30)(H2,25,27,29,32). The van der Waals surface area contributed by atoms with Gasteiger partial charge in [0.2, 0.25) is 5.91 Å². The lowest BCUT2D eigenvalue weighted by Crippen LogP contribution is -2.48. The molecule has 1 atom stereocenters. The number of hydrazine groups is 1. The molecule has 3 rings (SSSR count). The number of thiocarbonyl (C=S) groups is 1. The van der Waals surface area contributed by atoms with Crippen molar-refractivity contribution in [2.75, 3.05) is 5.32 Å². The molecule has 9 heteroatoms. The van der Waals surface area contributed by atoms with Crippen LogP contribution >= 0.6 is 12.2 Å². The van der Waals surface area contributed by atoms with Gasteiger partial charge in [-0.05, 0) is 86.9 Å². The van der Waals surface area contributed by atoms with Crippen molar-refractivity contribution in [1.82, 2.24) is 16.2 Å². The minimum absolute atomic E-state index is 0.00245. The Morgan fingerprint density at radius 1 is 0.969 bits per heavy atom. The maximum atomic E-state index is 12.3. The molecule has 0 spiro atoms. The van der Waals surface area contributed by atoms with Gasteiger partial charge in [-0.15, -0.1) is 0 Å². The van der Waals surface area contributed by atoms with E-state index in [0.717, 1.165) is 19.3 Å². The first-order valence-corrected chi connectivity index (χ1v) is 10.9. The monoisotopic (exact) mass is 454 g/mol. The molecule has 1 saturated carbocycles. The normalized spacial score (nSPS) is 13.4. The molecule has 1 unspecified atom stereocenters. The zero-order valence-electron chi connectivity index (χ0n) is 17.9. The highest BCUT2D eigenvalue weighted by Gasteiger charge is 2.29. The van der Waals surface area contributed by atoms with Crippen molar-refractivity contribution in [3.63, 3.8) is 0 Å². The highest BCUT2D eigenvalue weighted by molar-refractivity contribution is 7.80. The maximum absolute atomic E-state index is 12.3. The molecule has 168 valence electrons. The fourth-order valence-corrected chi connectivity index (χ4v) is 2.83. The quantitative estimate of drug-likeness (QED) is 0.378. The Balaban J connectivity index is 1.44. The third-order valence-corrected chi connectivity index (χ3v) is 5.11. The van der Waals surface area contributed by atoms with Crippen molar-refractivity contribution in [1.29, 1.82) is 0 Å². The molecular formula is C23H26N4O4S. The molecule has 3 amide bonds. The van der Waals surface area contributed by atoms with Crippen LogP contribution in [0.4, 0.5) is 5.69 Å². The molecule has 0 bridgehead atoms. The zero-order valence-corrected chi connectivity index (χ0v) is 18.8. The molecule has 1 aliphatic carbocycles. The number of carbonyl (C=O) groups excluding carboxylic acids is 3. The van der Waals surface area contributed by atoms with E-state index in [9.17, 15) is 14.4 Å². The van der Waals surface area contributed by atoms with Crippen LogP contribution in [-0.2, 0) is 4.79 Å². The maximum Gasteiger partial charge on any atom is 0.269 e. The molecule has 2 aromatic carbocycles. The Labute approximate surface area is 192 Å². The van der Waals surface area contributed by atoms with Crippen LogP contribution in [0.2, 0.25) is 0 Å². The number of rotatable bonds is 7. The molecule has 1 fully saturated rings. The number of nitrogens with one attached hydrogen (secondary N) is 4. The van der Waals surface area contributed by atoms with Crippen LogP contribution in [0.5, 0.6) is 5.75 Å². The summed E-state index contributed by atoms with van der Waals surface area (Å²) >= 11 is 5.07. The van der Waals surface area contributed by atoms with E-state index in [-0.39, 0.29) is 23.0 Å². The SMILES string of the molecule is CCC(C)Oc1ccc(C(=O)NC(=S)NNC(=O)c2ccc(NC(=O)C3CC3)cc2)cc1. The second-order valence-corrected chi connectivity index (χ2v) is 7.97. The van der Waals surface area contributed by atoms with Gasteiger partial charge in [0.25, 0.3) is 11.8 Å². The number of ether oxygens (including phenoxy) is 1. The van der Waals surface area contributed by atoms with Crippen LogP contribution < -0.4 is 26.2 Å². The lowest BCUT2D eigenvalue weighted by molar-refractivity contribution is -0.117. The average Bonchev–Trinajstić information content (AvgIpc) is 3.64. The Hall–Kier alpha value is -3.46. The summed E-state index contributed by atoms with van der Waals surface area (Å²) in [6, 6.07) is 13.2. The van der Waals surface area contributed by atoms with Gasteiger partial charge in [0.1, 0.15) is 5.75 Å². The second-order valence-electron chi connectivity index (χ2n) is 7.56. The molecule has 0 aromatic heterocycles. The van der Waals surface area contributed by atoms with E-state index in [4.69, 9.17) is 17.0 Å². The average molecular weight is 455 g/mol. The first kappa shape index (κ1) is 23.2. The first-order valence-electron chi connectivity index (χ1n) is 10.4. The summed E-state index contributed by atoms with van der Waals surface area (Å²) in [5.41, 5.74) is 6.34. The van der Waals surface area contributed by atoms with E-state index < -0.39 is 11.8 Å². The van der Waals surface area contributed by atoms with Crippen molar-refractivity contribution < 1.29 is 19.1 Å². The minimum Gasteiger partial charge on any atom is -0.491 e. The summed E-state index contributed by atoms with van der Waals surface area (Å²) in [7, 11) is 0. The largest absolute Gasteiger partial charge is 0.491 e. The second kappa shape index (κ2) is 10.7. The number of hydrogen-bond donors (Lipinski definition) is 4. The molecule has 2 aromatic rings. The van der Waals surface area contributed by atoms with Gasteiger partial charge in [0.15, 0.2) is 5.11 Å². The van der Waals surface area contributed by atoms with Crippen molar-refractivity contribution >= 4 is 40.7 Å². The summed E-state index contributed by atoms with van der Waals surface area (Å²) in [5.74, 6) is -0.0603. The molecule has 0 radical (unpaired) electrons. The van der Waals surface area contributed by atoms with Crippen molar-refractivity contribution in [2.24, 2.45) is 5.92 Å². The Morgan fingerprint density at radius 2 is 1.56 bits per heavy atom. The number of amides is 3. The van der Waals surface area contributed by atoms with Crippen LogP contribution in [0.15, 0.2) is 48.5 Å². The predicted octanol–water partition coefficient (Wildman–Crippen LogP) is 3.16. The molecule has 0 saturated heterocycles. The lowest BCUT2D eigenvalue weighted by Gasteiger charge is -2.13. The molecule has 32 heavy (non-hydrogen) atoms. The molecule has 0 aliphatic heterocycles. The summed E-state index contributed by atoms with van der Waals surface area (Å²) in [5, 5.41) is 5.27. The van der Waals surface area contributed by atoms with E-state index >= 15 is 0 Å². The van der Waals surface area contributed by atoms with Gasteiger partial charge >= 0.3 is 0 Å². The fourth-order valence-electron chi connectivity index (χ4n) is 2.69. The van der Waals surface area contributed by atoms with Gasteiger partial charge in [-0.1, -0.05) is 6.92 Å². The molecule has 1 aliphatic rings. The van der Waals surface area contributed by atoms with Crippen LogP contribution in [0.25, 0.3) is 0 Å². The number of carbonyl (C=O) groups is 3. The third kappa shape index (κ3) is 6.78. The highest BCUT2D eigenvalue weighted by Crippen LogP contribution is 2.30. The van der Waals surface area contributed by atoms with E-state index in [1.165, 1.54) is 0 Å². The van der Waals surface area contributed by atoms with Crippen LogP contribution in [0.1, 0.15) is 53.8 Å². The minimum atomic E-state index is -0.437. The van der Waals surface area contributed by atoms with Crippen LogP contribution in [0, 0.1) is 5.92 Å². The predicted molar refractivity (Wildman–Crippen MR) is 125 cm³/mol. The highest BCUT2D eigenvalue weighted by atomic mass is 32.1. The third-order valence-electron chi connectivity index (χ3n) is 4.91. The fraction of sp³-hybridized carbons (Fsp3) is 0.304. The number of hydrogen-bond acceptors (Lipinski definition) is 5. The van der Waals surface area contributed by atoms with Gasteiger partial charge in [-0.2, -0.15) is 0 Å². The van der Waals surface area contributed by atoms with E-state index in [1.54, 1.807) is 48.5 Å². The summed E-state index contributed by atoms with van der Waals surface area (Å²) in [6.07, 6.45) is 2.82. The van der Waals surface area contributed by atoms with Gasteiger partial charge in [0.05, 0.1) is 6.10 Å². The van der Waals surface area contributed by atoms with E-state index in [0.29, 0.717) is 22.6 Å². The molecule has 8 nitrogen and oxygen atoms in total. The number of anilines is 1. The van der Waals surface area contributed by atoms with Crippen molar-refractivity contribution in [3.8, 4) is 5.75 Å². The first-order chi connectivity index (χ1) is 15.4. The molecule has 0 heterocycles. The lowest BCUT2D eigenvalue weighted by atomic mass is 10.2. The van der Waals surface area contributed by atoms with Crippen molar-refractivity contribution in [3.05, 3.63) is 59.7 Å². The van der Waals surface area contributed by atoms with Crippen LogP contribution in [-0.4, -0.2) is 28.9 Å². The zero-order chi connectivity index (χ0) is 23.1. The van der Waals surface area contributed by atoms with Gasteiger partial charge in [-0.3, -0.25) is 30.6 Å². The van der Waals surface area contributed by atoms with E-state index in [2.05, 4.69) is 21.5 Å². The Morgan fingerprint density at radius 3 is 2.16 bits per heavy atom. The molecular weight excluding hydrogens is 428 g/mol. The van der Waals surface area contributed by atoms with Gasteiger partial charge < -0.3 is 10.1 Å². The van der Waals surface area contributed by atoms with Gasteiger partial charge in [0, 0.05) is 22.7 Å². The summed E-state index contributed by atoms with van der Waals surface area (Å²) in [6.45, 7) is 4.00. The summed E-state index contributed by atoms with van der Waals surface area (Å²) < 4.78 is 5.69. The van der Waals surface area contributed by atoms with Crippen LogP contribution in [0.3, 0.4) is 0 Å². The molecule has 4 N–H and O–H groups in total. The number of benzene rings is 2. The summed E-state index contributed by atoms with van der Waals surface area (Å²) in [4.78, 5) is 36.3. The Bertz CT molecular complexity index is 988. The van der Waals surface area contributed by atoms with Gasteiger partial charge in [-0.25, -0.2) is 0 Å². The van der Waals surface area contributed by atoms with E-state index in [1.807, 2.05) is 13.8 Å². The Kier molecular flexibility index (Phi) is 7.77.